The van der Waals surface area contributed by atoms with Gasteiger partial charge in [-0.05, 0) is 42.2 Å². The first kappa shape index (κ1) is 12.1. The zero-order valence-corrected chi connectivity index (χ0v) is 10.4. The van der Waals surface area contributed by atoms with Gasteiger partial charge in [0.25, 0.3) is 0 Å². The minimum Gasteiger partial charge on any atom is -0.207 e. The summed E-state index contributed by atoms with van der Waals surface area (Å²) in [4.78, 5) is 0. The van der Waals surface area contributed by atoms with Gasteiger partial charge in [-0.15, -0.1) is 11.6 Å². The molecule has 0 saturated carbocycles. The minimum atomic E-state index is -0.228. The summed E-state index contributed by atoms with van der Waals surface area (Å²) in [6.45, 7) is 2.07. The number of benzene rings is 2. The van der Waals surface area contributed by atoms with Gasteiger partial charge in [-0.1, -0.05) is 36.4 Å². The molecule has 0 radical (unpaired) electrons. The van der Waals surface area contributed by atoms with Crippen molar-refractivity contribution in [3.63, 3.8) is 0 Å². The number of hydrogen-bond donors (Lipinski definition) is 0. The van der Waals surface area contributed by atoms with Gasteiger partial charge in [0, 0.05) is 0 Å². The van der Waals surface area contributed by atoms with Crippen LogP contribution in [0.4, 0.5) is 4.39 Å². The summed E-state index contributed by atoms with van der Waals surface area (Å²) in [6.07, 6.45) is 0.764. The second-order valence-electron chi connectivity index (χ2n) is 4.15. The molecule has 0 amide bonds. The average molecular weight is 249 g/mol. The van der Waals surface area contributed by atoms with Crippen LogP contribution >= 0.6 is 11.6 Å². The van der Waals surface area contributed by atoms with Crippen LogP contribution in [0.2, 0.25) is 0 Å². The Labute approximate surface area is 106 Å². The first-order chi connectivity index (χ1) is 8.16. The number of rotatable bonds is 3. The van der Waals surface area contributed by atoms with Gasteiger partial charge in [-0.2, -0.15) is 0 Å². The SMILES string of the molecule is Cc1ccccc1CC(Cl)c1ccc(F)cc1. The predicted octanol–water partition coefficient (Wildman–Crippen LogP) is 4.66. The second-order valence-corrected chi connectivity index (χ2v) is 4.68. The van der Waals surface area contributed by atoms with E-state index in [0.29, 0.717) is 0 Å². The van der Waals surface area contributed by atoms with Crippen molar-refractivity contribution in [2.45, 2.75) is 18.7 Å². The third kappa shape index (κ3) is 3.07. The third-order valence-electron chi connectivity index (χ3n) is 2.89. The van der Waals surface area contributed by atoms with Gasteiger partial charge >= 0.3 is 0 Å². The number of halogens is 2. The highest BCUT2D eigenvalue weighted by atomic mass is 35.5. The van der Waals surface area contributed by atoms with E-state index in [9.17, 15) is 4.39 Å². The maximum atomic E-state index is 12.8. The molecule has 0 aromatic heterocycles. The lowest BCUT2D eigenvalue weighted by molar-refractivity contribution is 0.626. The van der Waals surface area contributed by atoms with Gasteiger partial charge in [0.1, 0.15) is 5.82 Å². The summed E-state index contributed by atoms with van der Waals surface area (Å²) >= 11 is 6.34. The molecule has 2 heteroatoms. The van der Waals surface area contributed by atoms with Crippen molar-refractivity contribution in [3.05, 3.63) is 71.0 Å². The van der Waals surface area contributed by atoms with Gasteiger partial charge in [-0.3, -0.25) is 0 Å². The lowest BCUT2D eigenvalue weighted by Gasteiger charge is -2.11. The van der Waals surface area contributed by atoms with E-state index in [4.69, 9.17) is 11.6 Å². The molecule has 0 saturated heterocycles. The van der Waals surface area contributed by atoms with E-state index in [1.165, 1.54) is 23.3 Å². The van der Waals surface area contributed by atoms with E-state index >= 15 is 0 Å². The summed E-state index contributed by atoms with van der Waals surface area (Å²) < 4.78 is 12.8. The molecule has 0 nitrogen and oxygen atoms in total. The Morgan fingerprint density at radius 3 is 2.35 bits per heavy atom. The highest BCUT2D eigenvalue weighted by Gasteiger charge is 2.10. The number of aryl methyl sites for hydroxylation is 1. The molecule has 0 N–H and O–H groups in total. The number of alkyl halides is 1. The summed E-state index contributed by atoms with van der Waals surface area (Å²) in [6, 6.07) is 14.6. The molecule has 1 unspecified atom stereocenters. The fourth-order valence-electron chi connectivity index (χ4n) is 1.82. The van der Waals surface area contributed by atoms with Crippen LogP contribution in [-0.2, 0) is 6.42 Å². The van der Waals surface area contributed by atoms with Crippen molar-refractivity contribution in [3.8, 4) is 0 Å². The van der Waals surface area contributed by atoms with Crippen molar-refractivity contribution in [1.29, 1.82) is 0 Å². The van der Waals surface area contributed by atoms with Crippen LogP contribution in [0.5, 0.6) is 0 Å². The topological polar surface area (TPSA) is 0 Å². The number of hydrogen-bond acceptors (Lipinski definition) is 0. The molecule has 0 aliphatic heterocycles. The molecule has 0 fully saturated rings. The summed E-state index contributed by atoms with van der Waals surface area (Å²) in [5, 5.41) is -0.114. The first-order valence-electron chi connectivity index (χ1n) is 5.61. The normalized spacial score (nSPS) is 12.4. The van der Waals surface area contributed by atoms with Gasteiger partial charge in [0.15, 0.2) is 0 Å². The maximum absolute atomic E-state index is 12.8. The molecule has 0 aliphatic rings. The first-order valence-corrected chi connectivity index (χ1v) is 6.04. The molecule has 1 atom stereocenters. The predicted molar refractivity (Wildman–Crippen MR) is 69.9 cm³/mol. The molecule has 88 valence electrons. The Kier molecular flexibility index (Phi) is 3.80. The molecule has 17 heavy (non-hydrogen) atoms. The zero-order chi connectivity index (χ0) is 12.3. The standard InChI is InChI=1S/C15H14ClF/c1-11-4-2-3-5-13(11)10-15(16)12-6-8-14(17)9-7-12/h2-9,15H,10H2,1H3. The lowest BCUT2D eigenvalue weighted by Crippen LogP contribution is -1.97. The molecule has 0 spiro atoms. The van der Waals surface area contributed by atoms with Gasteiger partial charge in [-0.25, -0.2) is 4.39 Å². The lowest BCUT2D eigenvalue weighted by atomic mass is 10.0. The molecule has 0 bridgehead atoms. The Bertz CT molecular complexity index is 491. The van der Waals surface area contributed by atoms with Crippen molar-refractivity contribution < 1.29 is 4.39 Å². The van der Waals surface area contributed by atoms with E-state index in [1.807, 2.05) is 12.1 Å². The fourth-order valence-corrected chi connectivity index (χ4v) is 2.13. The second kappa shape index (κ2) is 5.33. The van der Waals surface area contributed by atoms with E-state index in [2.05, 4.69) is 19.1 Å². The molecule has 2 rings (SSSR count). The Hall–Kier alpha value is -1.34. The molecular weight excluding hydrogens is 235 g/mol. The van der Waals surface area contributed by atoms with Crippen molar-refractivity contribution in [2.24, 2.45) is 0 Å². The summed E-state index contributed by atoms with van der Waals surface area (Å²) in [5.41, 5.74) is 3.42. The Balaban J connectivity index is 2.14. The smallest absolute Gasteiger partial charge is 0.123 e. The van der Waals surface area contributed by atoms with Gasteiger partial charge in [0.05, 0.1) is 5.38 Å². The average Bonchev–Trinajstić information content (AvgIpc) is 2.33. The fraction of sp³-hybridized carbons (Fsp3) is 0.200. The van der Waals surface area contributed by atoms with Crippen LogP contribution < -0.4 is 0 Å². The maximum Gasteiger partial charge on any atom is 0.123 e. The van der Waals surface area contributed by atoms with Crippen molar-refractivity contribution >= 4 is 11.6 Å². The van der Waals surface area contributed by atoms with E-state index in [0.717, 1.165) is 12.0 Å². The molecular formula is C15H14ClF. The van der Waals surface area contributed by atoms with Crippen LogP contribution in [0.25, 0.3) is 0 Å². The van der Waals surface area contributed by atoms with Gasteiger partial charge in [0.2, 0.25) is 0 Å². The molecule has 2 aromatic carbocycles. The Morgan fingerprint density at radius 2 is 1.71 bits per heavy atom. The molecule has 0 aliphatic carbocycles. The highest BCUT2D eigenvalue weighted by molar-refractivity contribution is 6.20. The minimum absolute atomic E-state index is 0.114. The van der Waals surface area contributed by atoms with E-state index in [1.54, 1.807) is 12.1 Å². The van der Waals surface area contributed by atoms with Crippen LogP contribution in [0.1, 0.15) is 22.1 Å². The van der Waals surface area contributed by atoms with Gasteiger partial charge < -0.3 is 0 Å². The third-order valence-corrected chi connectivity index (χ3v) is 3.30. The van der Waals surface area contributed by atoms with E-state index in [-0.39, 0.29) is 11.2 Å². The summed E-state index contributed by atoms with van der Waals surface area (Å²) in [7, 11) is 0. The highest BCUT2D eigenvalue weighted by Crippen LogP contribution is 2.26. The van der Waals surface area contributed by atoms with Crippen LogP contribution in [0.3, 0.4) is 0 Å². The Morgan fingerprint density at radius 1 is 1.06 bits per heavy atom. The van der Waals surface area contributed by atoms with Crippen LogP contribution in [0.15, 0.2) is 48.5 Å². The van der Waals surface area contributed by atoms with E-state index < -0.39 is 0 Å². The molecule has 0 heterocycles. The quantitative estimate of drug-likeness (QED) is 0.694. The largest absolute Gasteiger partial charge is 0.207 e. The van der Waals surface area contributed by atoms with Crippen molar-refractivity contribution in [1.82, 2.24) is 0 Å². The zero-order valence-electron chi connectivity index (χ0n) is 9.66. The monoisotopic (exact) mass is 248 g/mol. The van der Waals surface area contributed by atoms with Crippen LogP contribution in [0, 0.1) is 12.7 Å². The molecule has 2 aromatic rings. The summed E-state index contributed by atoms with van der Waals surface area (Å²) in [5.74, 6) is -0.228. The van der Waals surface area contributed by atoms with Crippen molar-refractivity contribution in [2.75, 3.05) is 0 Å². The van der Waals surface area contributed by atoms with Crippen LogP contribution in [-0.4, -0.2) is 0 Å².